The van der Waals surface area contributed by atoms with Crippen LogP contribution in [-0.2, 0) is 0 Å². The predicted octanol–water partition coefficient (Wildman–Crippen LogP) is 0.819. The maximum Gasteiger partial charge on any atom is 0.256 e. The van der Waals surface area contributed by atoms with Crippen LogP contribution in [0.1, 0.15) is 10.4 Å². The van der Waals surface area contributed by atoms with Gasteiger partial charge in [-0.05, 0) is 12.1 Å². The number of fused-ring (bicyclic) bond motifs is 3. The molecule has 2 aliphatic heterocycles. The molecule has 0 aliphatic carbocycles. The summed E-state index contributed by atoms with van der Waals surface area (Å²) in [5.41, 5.74) is 1.55. The molecule has 0 bridgehead atoms. The van der Waals surface area contributed by atoms with Gasteiger partial charge in [0.05, 0.1) is 16.3 Å². The monoisotopic (exact) mass is 237 g/mol. The van der Waals surface area contributed by atoms with Gasteiger partial charge < -0.3 is 15.5 Å². The summed E-state index contributed by atoms with van der Waals surface area (Å²) in [4.78, 5) is 14.1. The van der Waals surface area contributed by atoms with E-state index in [0.717, 1.165) is 25.3 Å². The zero-order chi connectivity index (χ0) is 11.1. The van der Waals surface area contributed by atoms with Crippen molar-refractivity contribution in [2.75, 3.05) is 24.5 Å². The number of anilines is 1. The summed E-state index contributed by atoms with van der Waals surface area (Å²) in [6.07, 6.45) is 0.0483. The number of nitrogens with zero attached hydrogens (tertiary/aromatic N) is 1. The average Bonchev–Trinajstić information content (AvgIpc) is 2.29. The zero-order valence-corrected chi connectivity index (χ0v) is 9.42. The molecule has 2 N–H and O–H groups in total. The summed E-state index contributed by atoms with van der Waals surface area (Å²) >= 11 is 6.07. The van der Waals surface area contributed by atoms with Gasteiger partial charge in [0, 0.05) is 19.6 Å². The molecule has 2 heterocycles. The second kappa shape index (κ2) is 3.64. The molecule has 0 radical (unpaired) electrons. The Kier molecular flexibility index (Phi) is 2.26. The molecule has 1 saturated heterocycles. The Morgan fingerprint density at radius 3 is 3.19 bits per heavy atom. The standard InChI is InChI=1S/C11H12ClN3O/c12-7-2-1-3-8-10(7)11(16)14-9-6-13-4-5-15(8)9/h1-3,9,13H,4-6H2,(H,14,16)/t9-/m1/s1. The molecule has 3 rings (SSSR count). The third kappa shape index (κ3) is 1.37. The van der Waals surface area contributed by atoms with Crippen molar-refractivity contribution < 1.29 is 4.79 Å². The molecular weight excluding hydrogens is 226 g/mol. The summed E-state index contributed by atoms with van der Waals surface area (Å²) in [6.45, 7) is 2.59. The normalized spacial score (nSPS) is 23.4. The van der Waals surface area contributed by atoms with E-state index in [9.17, 15) is 4.79 Å². The fourth-order valence-electron chi connectivity index (χ4n) is 2.32. The third-order valence-electron chi connectivity index (χ3n) is 3.07. The second-order valence-corrected chi connectivity index (χ2v) is 4.43. The SMILES string of the molecule is O=C1N[C@H]2CNCCN2c2cccc(Cl)c21. The van der Waals surface area contributed by atoms with Crippen molar-refractivity contribution in [3.63, 3.8) is 0 Å². The third-order valence-corrected chi connectivity index (χ3v) is 3.38. The summed E-state index contributed by atoms with van der Waals surface area (Å²) in [6, 6.07) is 5.60. The number of benzene rings is 1. The lowest BCUT2D eigenvalue weighted by Crippen LogP contribution is -2.62. The molecule has 0 spiro atoms. The van der Waals surface area contributed by atoms with E-state index < -0.39 is 0 Å². The van der Waals surface area contributed by atoms with Gasteiger partial charge in [0.1, 0.15) is 6.17 Å². The van der Waals surface area contributed by atoms with E-state index >= 15 is 0 Å². The lowest BCUT2D eigenvalue weighted by Gasteiger charge is -2.42. The molecule has 2 aliphatic rings. The molecule has 0 unspecified atom stereocenters. The van der Waals surface area contributed by atoms with E-state index in [-0.39, 0.29) is 12.1 Å². The van der Waals surface area contributed by atoms with Gasteiger partial charge in [-0.3, -0.25) is 4.79 Å². The lowest BCUT2D eigenvalue weighted by molar-refractivity contribution is 0.0923. The molecule has 1 aromatic rings. The van der Waals surface area contributed by atoms with Crippen molar-refractivity contribution in [3.05, 3.63) is 28.8 Å². The van der Waals surface area contributed by atoms with Crippen LogP contribution in [0, 0.1) is 0 Å². The minimum atomic E-state index is -0.0782. The summed E-state index contributed by atoms with van der Waals surface area (Å²) in [5.74, 6) is -0.0782. The van der Waals surface area contributed by atoms with Crippen LogP contribution >= 0.6 is 11.6 Å². The number of carbonyl (C=O) groups is 1. The highest BCUT2D eigenvalue weighted by atomic mass is 35.5. The number of hydrogen-bond acceptors (Lipinski definition) is 3. The first-order valence-corrected chi connectivity index (χ1v) is 5.72. The Labute approximate surface area is 98.6 Å². The lowest BCUT2D eigenvalue weighted by atomic mass is 10.1. The number of halogens is 1. The number of amides is 1. The summed E-state index contributed by atoms with van der Waals surface area (Å²) < 4.78 is 0. The van der Waals surface area contributed by atoms with Crippen LogP contribution in [0.5, 0.6) is 0 Å². The first-order chi connectivity index (χ1) is 7.77. The molecule has 84 valence electrons. The van der Waals surface area contributed by atoms with Crippen LogP contribution < -0.4 is 15.5 Å². The van der Waals surface area contributed by atoms with Crippen molar-refractivity contribution in [1.82, 2.24) is 10.6 Å². The second-order valence-electron chi connectivity index (χ2n) is 4.02. The quantitative estimate of drug-likeness (QED) is 0.702. The van der Waals surface area contributed by atoms with Gasteiger partial charge >= 0.3 is 0 Å². The maximum atomic E-state index is 11.9. The number of rotatable bonds is 0. The molecule has 16 heavy (non-hydrogen) atoms. The molecule has 1 atom stereocenters. The smallest absolute Gasteiger partial charge is 0.256 e. The van der Waals surface area contributed by atoms with Gasteiger partial charge in [0.25, 0.3) is 5.91 Å². The van der Waals surface area contributed by atoms with Crippen molar-refractivity contribution in [1.29, 1.82) is 0 Å². The fraction of sp³-hybridized carbons (Fsp3) is 0.364. The molecule has 4 nitrogen and oxygen atoms in total. The van der Waals surface area contributed by atoms with Crippen molar-refractivity contribution in [2.45, 2.75) is 6.17 Å². The Balaban J connectivity index is 2.11. The van der Waals surface area contributed by atoms with Gasteiger partial charge in [-0.15, -0.1) is 0 Å². The van der Waals surface area contributed by atoms with Crippen LogP contribution in [0.3, 0.4) is 0 Å². The van der Waals surface area contributed by atoms with E-state index in [1.165, 1.54) is 0 Å². The highest BCUT2D eigenvalue weighted by Gasteiger charge is 2.33. The van der Waals surface area contributed by atoms with Crippen molar-refractivity contribution in [3.8, 4) is 0 Å². The van der Waals surface area contributed by atoms with Crippen molar-refractivity contribution >= 4 is 23.2 Å². The Morgan fingerprint density at radius 1 is 1.44 bits per heavy atom. The topological polar surface area (TPSA) is 44.4 Å². The first-order valence-electron chi connectivity index (χ1n) is 5.34. The fourth-order valence-corrected chi connectivity index (χ4v) is 2.58. The van der Waals surface area contributed by atoms with Crippen LogP contribution in [0.4, 0.5) is 5.69 Å². The minimum Gasteiger partial charge on any atom is -0.348 e. The maximum absolute atomic E-state index is 11.9. The Bertz CT molecular complexity index is 449. The van der Waals surface area contributed by atoms with Crippen molar-refractivity contribution in [2.24, 2.45) is 0 Å². The number of piperazine rings is 1. The van der Waals surface area contributed by atoms with Crippen LogP contribution in [0.15, 0.2) is 18.2 Å². The van der Waals surface area contributed by atoms with Gasteiger partial charge in [0.2, 0.25) is 0 Å². The van der Waals surface area contributed by atoms with Crippen LogP contribution in [0.2, 0.25) is 5.02 Å². The minimum absolute atomic E-state index is 0.0483. The van der Waals surface area contributed by atoms with Crippen LogP contribution in [0.25, 0.3) is 0 Å². The molecule has 1 amide bonds. The Morgan fingerprint density at radius 2 is 2.31 bits per heavy atom. The van der Waals surface area contributed by atoms with E-state index in [1.54, 1.807) is 6.07 Å². The van der Waals surface area contributed by atoms with Gasteiger partial charge in [-0.2, -0.15) is 0 Å². The molecular formula is C11H12ClN3O. The van der Waals surface area contributed by atoms with Gasteiger partial charge in [-0.25, -0.2) is 0 Å². The highest BCUT2D eigenvalue weighted by molar-refractivity contribution is 6.34. The summed E-state index contributed by atoms with van der Waals surface area (Å²) in [5, 5.41) is 6.74. The van der Waals surface area contributed by atoms with Gasteiger partial charge in [-0.1, -0.05) is 17.7 Å². The van der Waals surface area contributed by atoms with Gasteiger partial charge in [0.15, 0.2) is 0 Å². The van der Waals surface area contributed by atoms with E-state index in [1.807, 2.05) is 12.1 Å². The molecule has 5 heteroatoms. The predicted molar refractivity (Wildman–Crippen MR) is 62.9 cm³/mol. The molecule has 0 saturated carbocycles. The van der Waals surface area contributed by atoms with E-state index in [0.29, 0.717) is 10.6 Å². The first kappa shape index (κ1) is 9.93. The summed E-state index contributed by atoms with van der Waals surface area (Å²) in [7, 11) is 0. The van der Waals surface area contributed by atoms with E-state index in [2.05, 4.69) is 15.5 Å². The number of carbonyl (C=O) groups excluding carboxylic acids is 1. The highest BCUT2D eigenvalue weighted by Crippen LogP contribution is 2.31. The number of nitrogens with one attached hydrogen (secondary N) is 2. The number of hydrogen-bond donors (Lipinski definition) is 2. The molecule has 1 aromatic carbocycles. The Hall–Kier alpha value is -1.26. The average molecular weight is 238 g/mol. The zero-order valence-electron chi connectivity index (χ0n) is 8.66. The molecule has 1 fully saturated rings. The van der Waals surface area contributed by atoms with E-state index in [4.69, 9.17) is 11.6 Å². The molecule has 0 aromatic heterocycles. The van der Waals surface area contributed by atoms with Crippen LogP contribution in [-0.4, -0.2) is 31.7 Å². The largest absolute Gasteiger partial charge is 0.348 e.